The molecule has 0 aliphatic rings. The zero-order chi connectivity index (χ0) is 13.6. The Labute approximate surface area is 117 Å². The van der Waals surface area contributed by atoms with Gasteiger partial charge < -0.3 is 0 Å². The van der Waals surface area contributed by atoms with Gasteiger partial charge in [0.05, 0.1) is 11.0 Å². The molecule has 3 aromatic rings. The Bertz CT molecular complexity index is 773. The van der Waals surface area contributed by atoms with Gasteiger partial charge in [0, 0.05) is 17.0 Å². The summed E-state index contributed by atoms with van der Waals surface area (Å²) in [5, 5.41) is 2.74. The van der Waals surface area contributed by atoms with E-state index < -0.39 is 0 Å². The Morgan fingerprint density at radius 2 is 1.74 bits per heavy atom. The Morgan fingerprint density at radius 3 is 2.47 bits per heavy atom. The fraction of sp³-hybridized carbons (Fsp3) is 0.250. The fourth-order valence-corrected chi connectivity index (χ4v) is 2.70. The summed E-state index contributed by atoms with van der Waals surface area (Å²) in [5.41, 5.74) is 2.83. The second-order valence-corrected chi connectivity index (χ2v) is 6.15. The average Bonchev–Trinajstić information content (AvgIpc) is 2.36. The lowest BCUT2D eigenvalue weighted by Crippen LogP contribution is -2.12. The van der Waals surface area contributed by atoms with Crippen molar-refractivity contribution in [2.24, 2.45) is 0 Å². The molecule has 0 amide bonds. The van der Waals surface area contributed by atoms with E-state index in [1.54, 1.807) is 6.20 Å². The van der Waals surface area contributed by atoms with E-state index in [-0.39, 0.29) is 5.41 Å². The van der Waals surface area contributed by atoms with Crippen molar-refractivity contribution in [3.8, 4) is 0 Å². The van der Waals surface area contributed by atoms with Crippen LogP contribution < -0.4 is 0 Å². The van der Waals surface area contributed by atoms with Crippen molar-refractivity contribution < 1.29 is 0 Å². The number of hydrogen-bond donors (Lipinski definition) is 0. The highest BCUT2D eigenvalue weighted by atomic mass is 35.5. The second-order valence-electron chi connectivity index (χ2n) is 5.79. The van der Waals surface area contributed by atoms with Crippen LogP contribution in [0.5, 0.6) is 0 Å². The molecular formula is C16H15ClN2. The maximum atomic E-state index is 6.35. The van der Waals surface area contributed by atoms with E-state index in [0.717, 1.165) is 27.4 Å². The molecule has 2 heterocycles. The summed E-state index contributed by atoms with van der Waals surface area (Å²) in [4.78, 5) is 8.99. The van der Waals surface area contributed by atoms with Crippen molar-refractivity contribution >= 4 is 33.4 Å². The van der Waals surface area contributed by atoms with Crippen molar-refractivity contribution in [1.82, 2.24) is 9.97 Å². The van der Waals surface area contributed by atoms with E-state index in [0.29, 0.717) is 5.15 Å². The van der Waals surface area contributed by atoms with Gasteiger partial charge in [-0.2, -0.15) is 0 Å². The highest BCUT2D eigenvalue weighted by Crippen LogP contribution is 2.32. The van der Waals surface area contributed by atoms with Gasteiger partial charge in [-0.05, 0) is 23.1 Å². The van der Waals surface area contributed by atoms with Gasteiger partial charge in [-0.3, -0.25) is 4.98 Å². The lowest BCUT2D eigenvalue weighted by atomic mass is 9.87. The third-order valence-corrected chi connectivity index (χ3v) is 3.61. The van der Waals surface area contributed by atoms with Crippen LogP contribution in [0.3, 0.4) is 0 Å². The molecule has 0 atom stereocenters. The zero-order valence-electron chi connectivity index (χ0n) is 11.2. The number of halogens is 1. The smallest absolute Gasteiger partial charge is 0.133 e. The van der Waals surface area contributed by atoms with Crippen molar-refractivity contribution in [2.45, 2.75) is 26.2 Å². The zero-order valence-corrected chi connectivity index (χ0v) is 12.0. The number of aromatic nitrogens is 2. The molecule has 0 aliphatic carbocycles. The predicted molar refractivity (Wildman–Crippen MR) is 80.8 cm³/mol. The van der Waals surface area contributed by atoms with Gasteiger partial charge in [0.15, 0.2) is 0 Å². The highest BCUT2D eigenvalue weighted by Gasteiger charge is 2.19. The van der Waals surface area contributed by atoms with E-state index >= 15 is 0 Å². The number of fused-ring (bicyclic) bond motifs is 3. The monoisotopic (exact) mass is 270 g/mol. The molecular weight excluding hydrogens is 256 g/mol. The number of hydrogen-bond acceptors (Lipinski definition) is 2. The van der Waals surface area contributed by atoms with Gasteiger partial charge in [0.2, 0.25) is 0 Å². The predicted octanol–water partition coefficient (Wildman–Crippen LogP) is 4.73. The van der Waals surface area contributed by atoms with Crippen LogP contribution in [0.4, 0.5) is 0 Å². The van der Waals surface area contributed by atoms with Crippen LogP contribution in [0.1, 0.15) is 26.3 Å². The number of rotatable bonds is 0. The molecule has 0 fully saturated rings. The topological polar surface area (TPSA) is 25.8 Å². The number of benzene rings is 1. The first-order valence-corrected chi connectivity index (χ1v) is 6.69. The van der Waals surface area contributed by atoms with Gasteiger partial charge in [-0.1, -0.05) is 50.6 Å². The molecule has 0 bridgehead atoms. The number of nitrogens with zero attached hydrogens (tertiary/aromatic N) is 2. The van der Waals surface area contributed by atoms with E-state index in [1.165, 1.54) is 0 Å². The molecule has 0 spiro atoms. The van der Waals surface area contributed by atoms with Gasteiger partial charge >= 0.3 is 0 Å². The summed E-state index contributed by atoms with van der Waals surface area (Å²) in [5.74, 6) is 0. The summed E-state index contributed by atoms with van der Waals surface area (Å²) in [6, 6.07) is 10.2. The van der Waals surface area contributed by atoms with Crippen molar-refractivity contribution in [2.75, 3.05) is 0 Å². The van der Waals surface area contributed by atoms with Crippen molar-refractivity contribution in [1.29, 1.82) is 0 Å². The van der Waals surface area contributed by atoms with Crippen LogP contribution in [-0.4, -0.2) is 9.97 Å². The van der Waals surface area contributed by atoms with Crippen molar-refractivity contribution in [3.63, 3.8) is 0 Å². The molecule has 19 heavy (non-hydrogen) atoms. The molecule has 2 aromatic heterocycles. The first-order valence-electron chi connectivity index (χ1n) is 6.31. The third kappa shape index (κ3) is 2.06. The highest BCUT2D eigenvalue weighted by molar-refractivity contribution is 6.31. The van der Waals surface area contributed by atoms with Gasteiger partial charge in [-0.25, -0.2) is 4.98 Å². The normalized spacial score (nSPS) is 12.2. The first-order chi connectivity index (χ1) is 8.97. The van der Waals surface area contributed by atoms with Gasteiger partial charge in [-0.15, -0.1) is 0 Å². The van der Waals surface area contributed by atoms with Gasteiger partial charge in [0.25, 0.3) is 0 Å². The summed E-state index contributed by atoms with van der Waals surface area (Å²) in [7, 11) is 0. The quantitative estimate of drug-likeness (QED) is 0.436. The summed E-state index contributed by atoms with van der Waals surface area (Å²) >= 11 is 6.35. The average molecular weight is 271 g/mol. The van der Waals surface area contributed by atoms with E-state index in [4.69, 9.17) is 11.6 Å². The Kier molecular flexibility index (Phi) is 2.72. The molecule has 96 valence electrons. The van der Waals surface area contributed by atoms with Crippen LogP contribution in [-0.2, 0) is 5.41 Å². The van der Waals surface area contributed by atoms with Gasteiger partial charge in [0.1, 0.15) is 5.15 Å². The minimum absolute atomic E-state index is 0.0165. The minimum Gasteiger partial charge on any atom is -0.254 e. The van der Waals surface area contributed by atoms with Crippen LogP contribution in [0, 0.1) is 0 Å². The molecule has 0 unspecified atom stereocenters. The van der Waals surface area contributed by atoms with Crippen LogP contribution in [0.25, 0.3) is 21.8 Å². The standard InChI is InChI=1S/C16H15ClN2/c1-16(2,3)12-9-11-7-6-10-5-4-8-18-13(10)14(11)19-15(12)17/h4-9H,1-3H3. The van der Waals surface area contributed by atoms with Crippen LogP contribution >= 0.6 is 11.6 Å². The lowest BCUT2D eigenvalue weighted by molar-refractivity contribution is 0.589. The summed E-state index contributed by atoms with van der Waals surface area (Å²) in [6.07, 6.45) is 1.79. The van der Waals surface area contributed by atoms with E-state index in [9.17, 15) is 0 Å². The van der Waals surface area contributed by atoms with Crippen molar-refractivity contribution in [3.05, 3.63) is 47.2 Å². The third-order valence-electron chi connectivity index (χ3n) is 3.32. The summed E-state index contributed by atoms with van der Waals surface area (Å²) in [6.45, 7) is 6.42. The molecule has 0 saturated heterocycles. The largest absolute Gasteiger partial charge is 0.254 e. The molecule has 3 rings (SSSR count). The molecule has 0 N–H and O–H groups in total. The first kappa shape index (κ1) is 12.4. The Morgan fingerprint density at radius 1 is 1.00 bits per heavy atom. The minimum atomic E-state index is -0.0165. The summed E-state index contributed by atoms with van der Waals surface area (Å²) < 4.78 is 0. The maximum Gasteiger partial charge on any atom is 0.133 e. The molecule has 2 nitrogen and oxygen atoms in total. The molecule has 1 aromatic carbocycles. The Hall–Kier alpha value is -1.67. The molecule has 0 aliphatic heterocycles. The lowest BCUT2D eigenvalue weighted by Gasteiger charge is -2.20. The fourth-order valence-electron chi connectivity index (χ4n) is 2.28. The Balaban J connectivity index is 2.41. The SMILES string of the molecule is CC(C)(C)c1cc2ccc3cccnc3c2nc1Cl. The molecule has 0 radical (unpaired) electrons. The number of pyridine rings is 2. The van der Waals surface area contributed by atoms with E-state index in [2.05, 4.69) is 48.9 Å². The van der Waals surface area contributed by atoms with Crippen LogP contribution in [0.15, 0.2) is 36.5 Å². The molecule has 0 saturated carbocycles. The van der Waals surface area contributed by atoms with E-state index in [1.807, 2.05) is 12.1 Å². The maximum absolute atomic E-state index is 6.35. The van der Waals surface area contributed by atoms with Crippen LogP contribution in [0.2, 0.25) is 5.15 Å². The second kappa shape index (κ2) is 4.17. The molecule has 3 heteroatoms.